The Morgan fingerprint density at radius 1 is 1.67 bits per heavy atom. The average molecular weight is 277 g/mol. The van der Waals surface area contributed by atoms with Gasteiger partial charge in [-0.1, -0.05) is 6.92 Å². The van der Waals surface area contributed by atoms with Crippen LogP contribution in [0.1, 0.15) is 12.7 Å². The molecule has 1 rings (SSSR count). The summed E-state index contributed by atoms with van der Waals surface area (Å²) in [7, 11) is -2.84. The van der Waals surface area contributed by atoms with E-state index in [4.69, 9.17) is 5.11 Å². The number of carbonyl (C=O) groups is 1. The highest BCUT2D eigenvalue weighted by Gasteiger charge is 2.26. The van der Waals surface area contributed by atoms with Crippen LogP contribution < -0.4 is 4.72 Å². The molecule has 8 nitrogen and oxygen atoms in total. The molecule has 1 aromatic heterocycles. The number of aromatic nitrogens is 2. The lowest BCUT2D eigenvalue weighted by molar-refractivity contribution is -0.143. The molecule has 1 heterocycles. The Morgan fingerprint density at radius 3 is 2.78 bits per heavy atom. The highest BCUT2D eigenvalue weighted by Crippen LogP contribution is 2.07. The fraction of sp³-hybridized carbons (Fsp3) is 0.556. The Morgan fingerprint density at radius 2 is 2.33 bits per heavy atom. The van der Waals surface area contributed by atoms with Crippen molar-refractivity contribution in [2.75, 3.05) is 13.7 Å². The Bertz CT molecular complexity index is 510. The van der Waals surface area contributed by atoms with Crippen molar-refractivity contribution in [3.63, 3.8) is 0 Å². The molecule has 0 radical (unpaired) electrons. The minimum Gasteiger partial charge on any atom is -0.468 e. The minimum absolute atomic E-state index is 0.165. The summed E-state index contributed by atoms with van der Waals surface area (Å²) < 4.78 is 30.1. The smallest absolute Gasteiger partial charge is 0.326 e. The third kappa shape index (κ3) is 3.28. The largest absolute Gasteiger partial charge is 0.468 e. The zero-order valence-corrected chi connectivity index (χ0v) is 10.8. The lowest BCUT2D eigenvalue weighted by Crippen LogP contribution is -2.44. The number of sulfonamides is 1. The molecule has 0 aliphatic rings. The van der Waals surface area contributed by atoms with Crippen LogP contribution in [0.5, 0.6) is 0 Å². The van der Waals surface area contributed by atoms with Gasteiger partial charge in [-0.05, 0) is 0 Å². The van der Waals surface area contributed by atoms with E-state index >= 15 is 0 Å². The van der Waals surface area contributed by atoms with Crippen molar-refractivity contribution in [1.82, 2.24) is 14.7 Å². The number of aliphatic hydroxyl groups is 1. The molecule has 0 amide bonds. The van der Waals surface area contributed by atoms with Crippen LogP contribution in [0.3, 0.4) is 0 Å². The first kappa shape index (κ1) is 14.6. The van der Waals surface area contributed by atoms with Crippen LogP contribution in [0.15, 0.2) is 11.2 Å². The molecule has 0 aliphatic heterocycles. The summed E-state index contributed by atoms with van der Waals surface area (Å²) in [6.07, 6.45) is 1.70. The second-order valence-electron chi connectivity index (χ2n) is 3.43. The highest BCUT2D eigenvalue weighted by molar-refractivity contribution is 7.89. The second-order valence-corrected chi connectivity index (χ2v) is 5.11. The van der Waals surface area contributed by atoms with Gasteiger partial charge in [-0.15, -0.1) is 0 Å². The third-order valence-corrected chi connectivity index (χ3v) is 3.58. The topological polar surface area (TPSA) is 121 Å². The van der Waals surface area contributed by atoms with Crippen molar-refractivity contribution in [1.29, 1.82) is 0 Å². The number of aromatic amines is 1. The number of carbonyl (C=O) groups excluding carboxylic acids is 1. The van der Waals surface area contributed by atoms with E-state index in [9.17, 15) is 13.2 Å². The molecule has 0 spiro atoms. The Labute approximate surface area is 104 Å². The lowest BCUT2D eigenvalue weighted by atomic mass is 10.3. The third-order valence-electron chi connectivity index (χ3n) is 2.20. The molecule has 1 atom stereocenters. The number of nitrogens with one attached hydrogen (secondary N) is 2. The Kier molecular flexibility index (Phi) is 4.82. The standard InChI is InChI=1S/C9H15N3O5S/c1-3-7-10-4-8(11-7)18(15,16)12-6(5-13)9(14)17-2/h4,6,12-13H,3,5H2,1-2H3,(H,10,11). The molecule has 0 saturated carbocycles. The predicted molar refractivity (Wildman–Crippen MR) is 61.2 cm³/mol. The molecular formula is C9H15N3O5S. The SMILES string of the molecule is CCc1ncc(S(=O)(=O)NC(CO)C(=O)OC)[nH]1. The van der Waals surface area contributed by atoms with Gasteiger partial charge in [0.15, 0.2) is 5.03 Å². The first-order chi connectivity index (χ1) is 8.44. The summed E-state index contributed by atoms with van der Waals surface area (Å²) >= 11 is 0. The van der Waals surface area contributed by atoms with Crippen molar-refractivity contribution in [3.8, 4) is 0 Å². The number of esters is 1. The molecule has 18 heavy (non-hydrogen) atoms. The normalized spacial score (nSPS) is 13.3. The van der Waals surface area contributed by atoms with Crippen LogP contribution in [-0.2, 0) is 26.0 Å². The van der Waals surface area contributed by atoms with Crippen LogP contribution in [0.2, 0.25) is 0 Å². The van der Waals surface area contributed by atoms with Crippen molar-refractivity contribution in [2.45, 2.75) is 24.4 Å². The van der Waals surface area contributed by atoms with E-state index in [1.54, 1.807) is 0 Å². The van der Waals surface area contributed by atoms with Gasteiger partial charge in [0.1, 0.15) is 11.9 Å². The number of aryl methyl sites for hydroxylation is 1. The van der Waals surface area contributed by atoms with Gasteiger partial charge in [-0.2, -0.15) is 4.72 Å². The first-order valence-corrected chi connectivity index (χ1v) is 6.67. The summed E-state index contributed by atoms with van der Waals surface area (Å²) in [6.45, 7) is 1.12. The summed E-state index contributed by atoms with van der Waals surface area (Å²) in [5.41, 5.74) is 0. The highest BCUT2D eigenvalue weighted by atomic mass is 32.2. The predicted octanol–water partition coefficient (Wildman–Crippen LogP) is -1.22. The Hall–Kier alpha value is -1.45. The molecular weight excluding hydrogens is 262 g/mol. The number of rotatable bonds is 6. The van der Waals surface area contributed by atoms with E-state index in [1.165, 1.54) is 0 Å². The number of hydrogen-bond acceptors (Lipinski definition) is 6. The van der Waals surface area contributed by atoms with Crippen molar-refractivity contribution in [2.24, 2.45) is 0 Å². The maximum Gasteiger partial charge on any atom is 0.326 e. The molecule has 0 aromatic carbocycles. The first-order valence-electron chi connectivity index (χ1n) is 5.19. The van der Waals surface area contributed by atoms with Gasteiger partial charge < -0.3 is 14.8 Å². The van der Waals surface area contributed by atoms with E-state index in [0.717, 1.165) is 13.3 Å². The lowest BCUT2D eigenvalue weighted by Gasteiger charge is -2.12. The quantitative estimate of drug-likeness (QED) is 0.561. The number of hydrogen-bond donors (Lipinski definition) is 3. The van der Waals surface area contributed by atoms with Gasteiger partial charge in [0.05, 0.1) is 19.9 Å². The molecule has 0 aliphatic carbocycles. The summed E-state index contributed by atoms with van der Waals surface area (Å²) in [5.74, 6) is -0.356. The summed E-state index contributed by atoms with van der Waals surface area (Å²) in [4.78, 5) is 17.6. The van der Waals surface area contributed by atoms with E-state index < -0.39 is 28.6 Å². The van der Waals surface area contributed by atoms with Gasteiger partial charge in [0.25, 0.3) is 10.0 Å². The maximum absolute atomic E-state index is 11.8. The number of imidazole rings is 1. The van der Waals surface area contributed by atoms with Gasteiger partial charge in [-0.25, -0.2) is 13.4 Å². The minimum atomic E-state index is -3.94. The number of nitrogens with zero attached hydrogens (tertiary/aromatic N) is 1. The zero-order chi connectivity index (χ0) is 13.8. The van der Waals surface area contributed by atoms with Crippen LogP contribution >= 0.6 is 0 Å². The fourth-order valence-corrected chi connectivity index (χ4v) is 2.33. The van der Waals surface area contributed by atoms with E-state index in [1.807, 2.05) is 11.6 Å². The molecule has 0 bridgehead atoms. The van der Waals surface area contributed by atoms with E-state index in [2.05, 4.69) is 14.7 Å². The molecule has 0 fully saturated rings. The number of aliphatic hydroxyl groups excluding tert-OH is 1. The number of H-pyrrole nitrogens is 1. The molecule has 9 heteroatoms. The van der Waals surface area contributed by atoms with Gasteiger partial charge in [0.2, 0.25) is 0 Å². The second kappa shape index (κ2) is 5.94. The molecule has 1 unspecified atom stereocenters. The van der Waals surface area contributed by atoms with Crippen LogP contribution in [0.25, 0.3) is 0 Å². The van der Waals surface area contributed by atoms with Crippen molar-refractivity contribution >= 4 is 16.0 Å². The summed E-state index contributed by atoms with van der Waals surface area (Å²) in [6, 6.07) is -1.34. The zero-order valence-electron chi connectivity index (χ0n) is 10.0. The van der Waals surface area contributed by atoms with Crippen molar-refractivity contribution < 1.29 is 23.1 Å². The van der Waals surface area contributed by atoms with Crippen molar-refractivity contribution in [3.05, 3.63) is 12.0 Å². The van der Waals surface area contributed by atoms with Crippen LogP contribution in [0.4, 0.5) is 0 Å². The molecule has 1 aromatic rings. The monoisotopic (exact) mass is 277 g/mol. The summed E-state index contributed by atoms with van der Waals surface area (Å²) in [5, 5.41) is 8.77. The van der Waals surface area contributed by atoms with Gasteiger partial charge >= 0.3 is 5.97 Å². The fourth-order valence-electron chi connectivity index (χ4n) is 1.21. The van der Waals surface area contributed by atoms with Gasteiger partial charge in [0, 0.05) is 6.42 Å². The molecule has 102 valence electrons. The molecule has 0 saturated heterocycles. The number of methoxy groups -OCH3 is 1. The average Bonchev–Trinajstić information content (AvgIpc) is 2.84. The van der Waals surface area contributed by atoms with Gasteiger partial charge in [-0.3, -0.25) is 4.79 Å². The van der Waals surface area contributed by atoms with Crippen LogP contribution in [0, 0.1) is 0 Å². The van der Waals surface area contributed by atoms with E-state index in [0.29, 0.717) is 12.2 Å². The van der Waals surface area contributed by atoms with E-state index in [-0.39, 0.29) is 5.03 Å². The van der Waals surface area contributed by atoms with Crippen LogP contribution in [-0.4, -0.2) is 49.2 Å². The number of ether oxygens (including phenoxy) is 1. The maximum atomic E-state index is 11.8. The molecule has 3 N–H and O–H groups in total. The Balaban J connectivity index is 2.90.